The smallest absolute Gasteiger partial charge is 0.279 e. The van der Waals surface area contributed by atoms with E-state index in [4.69, 9.17) is 9.26 Å². The average Bonchev–Trinajstić information content (AvgIpc) is 3.19. The Morgan fingerprint density at radius 3 is 2.75 bits per heavy atom. The fourth-order valence-electron chi connectivity index (χ4n) is 4.18. The van der Waals surface area contributed by atoms with Crippen molar-refractivity contribution in [3.63, 3.8) is 0 Å². The number of nitrogens with zero attached hydrogens (tertiary/aromatic N) is 6. The lowest BCUT2D eigenvalue weighted by Gasteiger charge is -2.27. The molecule has 2 aliphatic rings. The minimum atomic E-state index is -1.06. The minimum Gasteiger partial charge on any atom is -0.382 e. The summed E-state index contributed by atoms with van der Waals surface area (Å²) in [6.07, 6.45) is 2.63. The van der Waals surface area contributed by atoms with E-state index >= 15 is 0 Å². The number of imidazole rings is 1. The van der Waals surface area contributed by atoms with Gasteiger partial charge in [0.25, 0.3) is 11.4 Å². The summed E-state index contributed by atoms with van der Waals surface area (Å²) in [6.45, 7) is 3.90. The predicted octanol–water partition coefficient (Wildman–Crippen LogP) is 1.15. The van der Waals surface area contributed by atoms with Crippen molar-refractivity contribution in [2.75, 3.05) is 32.8 Å². The Bertz CT molecular complexity index is 1380. The predicted molar refractivity (Wildman–Crippen MR) is 111 cm³/mol. The number of hydrogen-bond acceptors (Lipinski definition) is 8. The number of aromatic nitrogens is 5. The van der Waals surface area contributed by atoms with Gasteiger partial charge in [-0.15, -0.1) is 0 Å². The van der Waals surface area contributed by atoms with Crippen LogP contribution >= 0.6 is 0 Å². The van der Waals surface area contributed by atoms with Crippen molar-refractivity contribution in [3.05, 3.63) is 46.5 Å². The highest BCUT2D eigenvalue weighted by atomic mass is 19.1. The van der Waals surface area contributed by atoms with E-state index in [2.05, 4.69) is 20.0 Å². The van der Waals surface area contributed by atoms with Crippen LogP contribution in [0.15, 0.2) is 33.8 Å². The maximum absolute atomic E-state index is 14.1. The van der Waals surface area contributed by atoms with Gasteiger partial charge in [-0.2, -0.15) is 4.98 Å². The molecule has 1 aliphatic heterocycles. The molecule has 0 atom stereocenters. The molecule has 166 valence electrons. The lowest BCUT2D eigenvalue weighted by molar-refractivity contribution is 0.0364. The highest BCUT2D eigenvalue weighted by molar-refractivity contribution is 5.83. The normalized spacial score (nSPS) is 18.6. The van der Waals surface area contributed by atoms with Gasteiger partial charge in [0.2, 0.25) is 5.82 Å². The third-order valence-electron chi connectivity index (χ3n) is 6.22. The zero-order chi connectivity index (χ0) is 21.9. The van der Waals surface area contributed by atoms with Gasteiger partial charge < -0.3 is 18.9 Å². The summed E-state index contributed by atoms with van der Waals surface area (Å²) in [7, 11) is 0. The van der Waals surface area contributed by atoms with Crippen molar-refractivity contribution in [3.8, 4) is 11.6 Å². The summed E-state index contributed by atoms with van der Waals surface area (Å²) in [4.78, 5) is 24.5. The maximum atomic E-state index is 14.1. The van der Waals surface area contributed by atoms with E-state index in [0.717, 1.165) is 13.1 Å². The third-order valence-corrected chi connectivity index (χ3v) is 6.22. The van der Waals surface area contributed by atoms with Crippen LogP contribution in [0.4, 0.5) is 4.39 Å². The van der Waals surface area contributed by atoms with Gasteiger partial charge in [-0.25, -0.2) is 9.37 Å². The van der Waals surface area contributed by atoms with E-state index in [9.17, 15) is 14.3 Å². The van der Waals surface area contributed by atoms with Crippen molar-refractivity contribution in [1.29, 1.82) is 0 Å². The average molecular weight is 440 g/mol. The molecule has 6 rings (SSSR count). The summed E-state index contributed by atoms with van der Waals surface area (Å²) in [5.41, 5.74) is 0.252. The van der Waals surface area contributed by atoms with Gasteiger partial charge in [0.1, 0.15) is 23.3 Å². The molecule has 32 heavy (non-hydrogen) atoms. The van der Waals surface area contributed by atoms with E-state index in [1.54, 1.807) is 15.0 Å². The molecular weight excluding hydrogens is 419 g/mol. The molecule has 1 saturated carbocycles. The Morgan fingerprint density at radius 1 is 1.16 bits per heavy atom. The molecule has 2 fully saturated rings. The highest BCUT2D eigenvalue weighted by Crippen LogP contribution is 2.44. The second-order valence-corrected chi connectivity index (χ2v) is 8.31. The Morgan fingerprint density at radius 2 is 1.97 bits per heavy atom. The van der Waals surface area contributed by atoms with Gasteiger partial charge in [-0.3, -0.25) is 14.1 Å². The van der Waals surface area contributed by atoms with E-state index in [-0.39, 0.29) is 28.5 Å². The molecule has 0 amide bonds. The van der Waals surface area contributed by atoms with Crippen LogP contribution in [0.25, 0.3) is 28.1 Å². The molecule has 0 spiro atoms. The summed E-state index contributed by atoms with van der Waals surface area (Å²) in [5, 5.41) is 14.1. The summed E-state index contributed by atoms with van der Waals surface area (Å²) >= 11 is 0. The second kappa shape index (κ2) is 7.19. The molecule has 0 bridgehead atoms. The summed E-state index contributed by atoms with van der Waals surface area (Å²) in [6, 6.07) is 4.34. The van der Waals surface area contributed by atoms with Crippen LogP contribution in [0.5, 0.6) is 0 Å². The Balaban J connectivity index is 1.49. The quantitative estimate of drug-likeness (QED) is 0.492. The van der Waals surface area contributed by atoms with Crippen LogP contribution in [0.2, 0.25) is 0 Å². The Labute approximate surface area is 180 Å². The number of ether oxygens (including phenoxy) is 1. The van der Waals surface area contributed by atoms with Gasteiger partial charge in [0.05, 0.1) is 24.2 Å². The lowest BCUT2D eigenvalue weighted by atomic mass is 10.2. The monoisotopic (exact) mass is 440 g/mol. The number of rotatable bonds is 5. The van der Waals surface area contributed by atoms with Gasteiger partial charge >= 0.3 is 0 Å². The number of fused-ring (bicyclic) bond motifs is 3. The van der Waals surface area contributed by atoms with Crippen LogP contribution in [-0.4, -0.2) is 66.9 Å². The van der Waals surface area contributed by atoms with E-state index in [0.29, 0.717) is 50.2 Å². The molecular formula is C21H21FN6O4. The molecule has 1 N–H and O–H groups in total. The number of benzene rings is 1. The maximum Gasteiger partial charge on any atom is 0.279 e. The van der Waals surface area contributed by atoms with Crippen LogP contribution in [0.3, 0.4) is 0 Å². The van der Waals surface area contributed by atoms with Crippen molar-refractivity contribution in [1.82, 2.24) is 29.0 Å². The first kappa shape index (κ1) is 19.5. The molecule has 4 aromatic rings. The summed E-state index contributed by atoms with van der Waals surface area (Å²) in [5.74, 6) is -0.152. The minimum absolute atomic E-state index is 0.0705. The van der Waals surface area contributed by atoms with Gasteiger partial charge in [0.15, 0.2) is 5.69 Å². The number of aliphatic hydroxyl groups is 1. The molecule has 3 aromatic heterocycles. The third kappa shape index (κ3) is 3.12. The first-order chi connectivity index (χ1) is 15.5. The van der Waals surface area contributed by atoms with Crippen LogP contribution in [0, 0.1) is 5.82 Å². The molecule has 0 radical (unpaired) electrons. The van der Waals surface area contributed by atoms with Crippen LogP contribution < -0.4 is 5.56 Å². The molecule has 1 saturated heterocycles. The Kier molecular flexibility index (Phi) is 4.39. The Hall–Kier alpha value is -3.15. The SMILES string of the molecule is O=c1c2c(-c3nc(C4(O)CC4)no3)ncn2c2ccc(F)cc2n1CCN1CCOCC1. The first-order valence-electron chi connectivity index (χ1n) is 10.6. The van der Waals surface area contributed by atoms with Gasteiger partial charge in [-0.05, 0) is 31.0 Å². The number of hydrogen-bond donors (Lipinski definition) is 1. The second-order valence-electron chi connectivity index (χ2n) is 8.31. The fourth-order valence-corrected chi connectivity index (χ4v) is 4.18. The topological polar surface area (TPSA) is 111 Å². The van der Waals surface area contributed by atoms with Crippen molar-refractivity contribution < 1.29 is 18.8 Å². The largest absolute Gasteiger partial charge is 0.382 e. The first-order valence-corrected chi connectivity index (χ1v) is 10.6. The molecule has 11 heteroatoms. The lowest BCUT2D eigenvalue weighted by Crippen LogP contribution is -2.39. The van der Waals surface area contributed by atoms with Crippen molar-refractivity contribution in [2.24, 2.45) is 0 Å². The zero-order valence-electron chi connectivity index (χ0n) is 17.2. The van der Waals surface area contributed by atoms with Crippen molar-refractivity contribution in [2.45, 2.75) is 25.0 Å². The van der Waals surface area contributed by atoms with E-state index in [1.807, 2.05) is 0 Å². The van der Waals surface area contributed by atoms with Crippen LogP contribution in [0.1, 0.15) is 18.7 Å². The molecule has 1 aromatic carbocycles. The van der Waals surface area contributed by atoms with Crippen molar-refractivity contribution >= 4 is 16.6 Å². The fraction of sp³-hybridized carbons (Fsp3) is 0.429. The molecule has 4 heterocycles. The van der Waals surface area contributed by atoms with Gasteiger partial charge in [0, 0.05) is 26.2 Å². The van der Waals surface area contributed by atoms with Crippen LogP contribution in [-0.2, 0) is 16.9 Å². The van der Waals surface area contributed by atoms with E-state index in [1.165, 1.54) is 18.5 Å². The van der Waals surface area contributed by atoms with E-state index < -0.39 is 11.4 Å². The number of morpholine rings is 1. The highest BCUT2D eigenvalue weighted by Gasteiger charge is 2.47. The molecule has 0 unspecified atom stereocenters. The summed E-state index contributed by atoms with van der Waals surface area (Å²) < 4.78 is 28.0. The molecule has 10 nitrogen and oxygen atoms in total. The standard InChI is InChI=1S/C21H21FN6O4/c22-13-1-2-14-15(11-13)27(6-5-26-7-9-31-10-8-26)19(29)17-16(23-12-28(14)17)18-24-20(25-32-18)21(30)3-4-21/h1-2,11-12,30H,3-10H2. The van der Waals surface area contributed by atoms with Gasteiger partial charge in [-0.1, -0.05) is 5.16 Å². The zero-order valence-corrected chi connectivity index (χ0v) is 17.2. The number of halogens is 1. The molecule has 1 aliphatic carbocycles.